The molecule has 26 heavy (non-hydrogen) atoms. The monoisotopic (exact) mass is 359 g/mol. The van der Waals surface area contributed by atoms with Crippen LogP contribution in [0.1, 0.15) is 39.0 Å². The van der Waals surface area contributed by atoms with E-state index in [0.717, 1.165) is 31.9 Å². The van der Waals surface area contributed by atoms with Crippen molar-refractivity contribution in [1.82, 2.24) is 14.9 Å². The third-order valence-corrected chi connectivity index (χ3v) is 4.88. The fraction of sp³-hybridized carbons (Fsp3) is 0.632. The third kappa shape index (κ3) is 5.09. The highest BCUT2D eigenvalue weighted by Crippen LogP contribution is 2.20. The molecule has 0 aromatic carbocycles. The number of carbonyl (C=O) groups excluding carboxylic acids is 1. The number of piperazine rings is 1. The van der Waals surface area contributed by atoms with E-state index in [1.54, 1.807) is 16.7 Å². The summed E-state index contributed by atoms with van der Waals surface area (Å²) < 4.78 is 5.06. The zero-order chi connectivity index (χ0) is 18.2. The molecule has 0 atom stereocenters. The summed E-state index contributed by atoms with van der Waals surface area (Å²) in [5, 5.41) is 3.34. The van der Waals surface area contributed by atoms with E-state index in [2.05, 4.69) is 26.3 Å². The quantitative estimate of drug-likeness (QED) is 0.787. The molecule has 7 heteroatoms. The summed E-state index contributed by atoms with van der Waals surface area (Å²) in [6, 6.07) is 1.93. The van der Waals surface area contributed by atoms with Crippen LogP contribution in [0.25, 0.3) is 0 Å². The standard InChI is InChI=1S/C19H29N5O2/c1-2-26-19(25)24-14-12-23(13-15-24)17-9-11-21-18(22-17)20-10-8-16-6-4-3-5-7-16/h6,9,11H,2-5,7-8,10,12-15H2,1H3,(H,20,21,22). The van der Waals surface area contributed by atoms with Gasteiger partial charge in [0.05, 0.1) is 6.61 Å². The summed E-state index contributed by atoms with van der Waals surface area (Å²) >= 11 is 0. The van der Waals surface area contributed by atoms with Crippen molar-refractivity contribution in [3.63, 3.8) is 0 Å². The van der Waals surface area contributed by atoms with Crippen LogP contribution in [0.4, 0.5) is 16.6 Å². The fourth-order valence-corrected chi connectivity index (χ4v) is 3.41. The molecule has 1 aromatic rings. The van der Waals surface area contributed by atoms with Gasteiger partial charge in [-0.2, -0.15) is 4.98 Å². The van der Waals surface area contributed by atoms with Gasteiger partial charge < -0.3 is 19.9 Å². The molecule has 0 bridgehead atoms. The van der Waals surface area contributed by atoms with Gasteiger partial charge in [-0.3, -0.25) is 0 Å². The van der Waals surface area contributed by atoms with Gasteiger partial charge in [0.15, 0.2) is 0 Å². The second kappa shape index (κ2) is 9.40. The summed E-state index contributed by atoms with van der Waals surface area (Å²) in [6.07, 6.45) is 10.1. The van der Waals surface area contributed by atoms with Crippen LogP contribution in [0, 0.1) is 0 Å². The Morgan fingerprint density at radius 3 is 2.85 bits per heavy atom. The van der Waals surface area contributed by atoms with E-state index >= 15 is 0 Å². The van der Waals surface area contributed by atoms with Crippen LogP contribution < -0.4 is 10.2 Å². The largest absolute Gasteiger partial charge is 0.450 e. The van der Waals surface area contributed by atoms with Crippen LogP contribution in [0.3, 0.4) is 0 Å². The molecule has 1 saturated heterocycles. The van der Waals surface area contributed by atoms with Crippen molar-refractivity contribution < 1.29 is 9.53 Å². The number of anilines is 2. The number of allylic oxidation sites excluding steroid dienone is 1. The van der Waals surface area contributed by atoms with Crippen LogP contribution in [0.2, 0.25) is 0 Å². The van der Waals surface area contributed by atoms with Crippen molar-refractivity contribution in [3.8, 4) is 0 Å². The van der Waals surface area contributed by atoms with Gasteiger partial charge in [0, 0.05) is 38.9 Å². The summed E-state index contributed by atoms with van der Waals surface area (Å²) in [5.41, 5.74) is 1.55. The molecule has 1 aliphatic carbocycles. The number of aromatic nitrogens is 2. The zero-order valence-corrected chi connectivity index (χ0v) is 15.6. The van der Waals surface area contributed by atoms with E-state index in [0.29, 0.717) is 25.6 Å². The lowest BCUT2D eigenvalue weighted by Crippen LogP contribution is -2.49. The molecule has 142 valence electrons. The Morgan fingerprint density at radius 2 is 2.12 bits per heavy atom. The molecule has 0 unspecified atom stereocenters. The van der Waals surface area contributed by atoms with E-state index < -0.39 is 0 Å². The first kappa shape index (κ1) is 18.5. The van der Waals surface area contributed by atoms with Gasteiger partial charge >= 0.3 is 6.09 Å². The second-order valence-corrected chi connectivity index (χ2v) is 6.70. The molecular formula is C19H29N5O2. The predicted molar refractivity (Wildman–Crippen MR) is 102 cm³/mol. The van der Waals surface area contributed by atoms with Gasteiger partial charge in [-0.05, 0) is 45.1 Å². The van der Waals surface area contributed by atoms with Crippen LogP contribution in [-0.2, 0) is 4.74 Å². The van der Waals surface area contributed by atoms with E-state index in [4.69, 9.17) is 4.74 Å². The SMILES string of the molecule is CCOC(=O)N1CCN(c2ccnc(NCCC3=CCCCC3)n2)CC1. The molecule has 2 heterocycles. The summed E-state index contributed by atoms with van der Waals surface area (Å²) in [4.78, 5) is 24.7. The first-order chi connectivity index (χ1) is 12.8. The minimum atomic E-state index is -0.228. The molecule has 1 amide bonds. The van der Waals surface area contributed by atoms with Crippen molar-refractivity contribution in [1.29, 1.82) is 0 Å². The maximum absolute atomic E-state index is 11.8. The number of nitrogens with zero attached hydrogens (tertiary/aromatic N) is 4. The van der Waals surface area contributed by atoms with Crippen molar-refractivity contribution in [2.75, 3.05) is 49.5 Å². The highest BCUT2D eigenvalue weighted by molar-refractivity contribution is 5.68. The van der Waals surface area contributed by atoms with Gasteiger partial charge in [-0.25, -0.2) is 9.78 Å². The summed E-state index contributed by atoms with van der Waals surface area (Å²) in [7, 11) is 0. The van der Waals surface area contributed by atoms with Gasteiger partial charge in [-0.15, -0.1) is 0 Å². The molecule has 1 aromatic heterocycles. The van der Waals surface area contributed by atoms with Crippen molar-refractivity contribution in [3.05, 3.63) is 23.9 Å². The minimum absolute atomic E-state index is 0.228. The minimum Gasteiger partial charge on any atom is -0.450 e. The average Bonchev–Trinajstić information content (AvgIpc) is 2.69. The highest BCUT2D eigenvalue weighted by Gasteiger charge is 2.22. The Morgan fingerprint density at radius 1 is 1.27 bits per heavy atom. The number of ether oxygens (including phenoxy) is 1. The fourth-order valence-electron chi connectivity index (χ4n) is 3.41. The molecule has 0 saturated carbocycles. The Bertz CT molecular complexity index is 626. The van der Waals surface area contributed by atoms with E-state index in [1.807, 2.05) is 13.0 Å². The highest BCUT2D eigenvalue weighted by atomic mass is 16.6. The number of rotatable bonds is 6. The molecule has 0 radical (unpaired) electrons. The van der Waals surface area contributed by atoms with E-state index in [1.165, 1.54) is 25.7 Å². The smallest absolute Gasteiger partial charge is 0.409 e. The van der Waals surface area contributed by atoms with Crippen molar-refractivity contribution >= 4 is 17.9 Å². The third-order valence-electron chi connectivity index (χ3n) is 4.88. The number of hydrogen-bond acceptors (Lipinski definition) is 6. The van der Waals surface area contributed by atoms with Crippen molar-refractivity contribution in [2.45, 2.75) is 39.0 Å². The van der Waals surface area contributed by atoms with Crippen LogP contribution in [-0.4, -0.2) is 60.3 Å². The summed E-state index contributed by atoms with van der Waals surface area (Å²) in [5.74, 6) is 1.58. The van der Waals surface area contributed by atoms with Gasteiger partial charge in [-0.1, -0.05) is 11.6 Å². The molecule has 1 aliphatic heterocycles. The predicted octanol–water partition coefficient (Wildman–Crippen LogP) is 3.06. The lowest BCUT2D eigenvalue weighted by atomic mass is 9.97. The van der Waals surface area contributed by atoms with Gasteiger partial charge in [0.1, 0.15) is 5.82 Å². The number of nitrogens with one attached hydrogen (secondary N) is 1. The van der Waals surface area contributed by atoms with E-state index in [9.17, 15) is 4.79 Å². The Balaban J connectivity index is 1.48. The number of carbonyl (C=O) groups is 1. The molecule has 3 rings (SSSR count). The van der Waals surface area contributed by atoms with Crippen LogP contribution in [0.15, 0.2) is 23.9 Å². The lowest BCUT2D eigenvalue weighted by Gasteiger charge is -2.34. The molecular weight excluding hydrogens is 330 g/mol. The summed E-state index contributed by atoms with van der Waals surface area (Å²) in [6.45, 7) is 5.92. The Hall–Kier alpha value is -2.31. The lowest BCUT2D eigenvalue weighted by molar-refractivity contribution is 0.105. The topological polar surface area (TPSA) is 70.6 Å². The molecule has 1 fully saturated rings. The van der Waals surface area contributed by atoms with Crippen LogP contribution in [0.5, 0.6) is 0 Å². The maximum Gasteiger partial charge on any atom is 0.409 e. The molecule has 2 aliphatic rings. The molecule has 7 nitrogen and oxygen atoms in total. The Labute approximate surface area is 155 Å². The number of hydrogen-bond donors (Lipinski definition) is 1. The van der Waals surface area contributed by atoms with Crippen LogP contribution >= 0.6 is 0 Å². The number of amides is 1. The van der Waals surface area contributed by atoms with Gasteiger partial charge in [0.2, 0.25) is 5.95 Å². The van der Waals surface area contributed by atoms with Gasteiger partial charge in [0.25, 0.3) is 0 Å². The van der Waals surface area contributed by atoms with Crippen molar-refractivity contribution in [2.24, 2.45) is 0 Å². The zero-order valence-electron chi connectivity index (χ0n) is 15.6. The normalized spacial score (nSPS) is 17.7. The first-order valence-corrected chi connectivity index (χ1v) is 9.67. The average molecular weight is 359 g/mol. The maximum atomic E-state index is 11.8. The Kier molecular flexibility index (Phi) is 6.68. The van der Waals surface area contributed by atoms with E-state index in [-0.39, 0.29) is 6.09 Å². The second-order valence-electron chi connectivity index (χ2n) is 6.70. The first-order valence-electron chi connectivity index (χ1n) is 9.67. The molecule has 1 N–H and O–H groups in total. The molecule has 0 spiro atoms.